The number of nitrogens with zero attached hydrogens (tertiary/aromatic N) is 1. The molecule has 29 heavy (non-hydrogen) atoms. The summed E-state index contributed by atoms with van der Waals surface area (Å²) in [5.41, 5.74) is 1.89. The van der Waals surface area contributed by atoms with Crippen LogP contribution in [-0.2, 0) is 4.79 Å². The first-order valence-corrected chi connectivity index (χ1v) is 10.0. The molecular weight excluding hydrogens is 368 g/mol. The standard InChI is InChI=1S/C23H30N2O4/c1-27-19-10-8-17(9-11-19)22-7-5-4-6-12-25(22)16-23(26)24-18-13-20(28-2)15-21(14-18)29-3/h8-11,13-15,22H,4-7,12,16H2,1-3H3,(H,24,26). The summed E-state index contributed by atoms with van der Waals surface area (Å²) >= 11 is 0. The molecule has 0 aromatic heterocycles. The van der Waals surface area contributed by atoms with Crippen molar-refractivity contribution in [3.63, 3.8) is 0 Å². The van der Waals surface area contributed by atoms with Crippen LogP contribution in [0, 0.1) is 0 Å². The zero-order valence-electron chi connectivity index (χ0n) is 17.4. The van der Waals surface area contributed by atoms with E-state index in [0.717, 1.165) is 25.1 Å². The van der Waals surface area contributed by atoms with Gasteiger partial charge in [0.1, 0.15) is 17.2 Å². The van der Waals surface area contributed by atoms with Gasteiger partial charge in [-0.1, -0.05) is 25.0 Å². The predicted octanol–water partition coefficient (Wildman–Crippen LogP) is 4.27. The lowest BCUT2D eigenvalue weighted by molar-refractivity contribution is -0.117. The highest BCUT2D eigenvalue weighted by atomic mass is 16.5. The summed E-state index contributed by atoms with van der Waals surface area (Å²) in [4.78, 5) is 15.1. The van der Waals surface area contributed by atoms with E-state index < -0.39 is 0 Å². The van der Waals surface area contributed by atoms with Gasteiger partial charge in [-0.2, -0.15) is 0 Å². The number of methoxy groups -OCH3 is 3. The van der Waals surface area contributed by atoms with Crippen molar-refractivity contribution >= 4 is 11.6 Å². The van der Waals surface area contributed by atoms with E-state index in [0.29, 0.717) is 23.7 Å². The molecule has 3 rings (SSSR count). The van der Waals surface area contributed by atoms with E-state index in [1.165, 1.54) is 18.4 Å². The van der Waals surface area contributed by atoms with E-state index in [2.05, 4.69) is 22.3 Å². The van der Waals surface area contributed by atoms with E-state index in [1.807, 2.05) is 12.1 Å². The Labute approximate surface area is 172 Å². The number of carbonyl (C=O) groups excluding carboxylic acids is 1. The Morgan fingerprint density at radius 1 is 0.931 bits per heavy atom. The summed E-state index contributed by atoms with van der Waals surface area (Å²) in [6.45, 7) is 1.25. The summed E-state index contributed by atoms with van der Waals surface area (Å²) in [6.07, 6.45) is 4.51. The summed E-state index contributed by atoms with van der Waals surface area (Å²) in [7, 11) is 4.86. The Kier molecular flexibility index (Phi) is 7.36. The quantitative estimate of drug-likeness (QED) is 0.755. The molecule has 0 saturated carbocycles. The number of anilines is 1. The van der Waals surface area contributed by atoms with Crippen LogP contribution < -0.4 is 19.5 Å². The average molecular weight is 399 g/mol. The first-order valence-electron chi connectivity index (χ1n) is 10.0. The third-order valence-electron chi connectivity index (χ3n) is 5.35. The van der Waals surface area contributed by atoms with Crippen LogP contribution in [0.5, 0.6) is 17.2 Å². The fourth-order valence-corrected chi connectivity index (χ4v) is 3.83. The number of hydrogen-bond acceptors (Lipinski definition) is 5. The fraction of sp³-hybridized carbons (Fsp3) is 0.435. The van der Waals surface area contributed by atoms with Gasteiger partial charge in [0.2, 0.25) is 5.91 Å². The Morgan fingerprint density at radius 2 is 1.59 bits per heavy atom. The first kappa shape index (κ1) is 21.0. The SMILES string of the molecule is COc1ccc(C2CCCCCN2CC(=O)Nc2cc(OC)cc(OC)c2)cc1. The molecule has 0 spiro atoms. The molecule has 1 N–H and O–H groups in total. The number of benzene rings is 2. The zero-order chi connectivity index (χ0) is 20.6. The molecule has 0 aliphatic carbocycles. The molecule has 1 amide bonds. The number of carbonyl (C=O) groups is 1. The van der Waals surface area contributed by atoms with Crippen molar-refractivity contribution in [1.29, 1.82) is 0 Å². The summed E-state index contributed by atoms with van der Waals surface area (Å²) in [5.74, 6) is 2.09. The second kappa shape index (κ2) is 10.2. The molecule has 1 fully saturated rings. The topological polar surface area (TPSA) is 60.0 Å². The lowest BCUT2D eigenvalue weighted by Crippen LogP contribution is -2.36. The number of amides is 1. The normalized spacial score (nSPS) is 17.3. The van der Waals surface area contributed by atoms with Crippen molar-refractivity contribution < 1.29 is 19.0 Å². The van der Waals surface area contributed by atoms with Gasteiger partial charge in [0, 0.05) is 29.9 Å². The van der Waals surface area contributed by atoms with Gasteiger partial charge in [-0.25, -0.2) is 0 Å². The van der Waals surface area contributed by atoms with Crippen molar-refractivity contribution in [2.24, 2.45) is 0 Å². The number of likely N-dealkylation sites (tertiary alicyclic amines) is 1. The second-order valence-corrected chi connectivity index (χ2v) is 7.26. The minimum absolute atomic E-state index is 0.0410. The minimum Gasteiger partial charge on any atom is -0.497 e. The van der Waals surface area contributed by atoms with Crippen LogP contribution in [0.25, 0.3) is 0 Å². The maximum atomic E-state index is 12.8. The molecule has 0 radical (unpaired) electrons. The molecule has 1 atom stereocenters. The molecular formula is C23H30N2O4. The molecule has 156 valence electrons. The monoisotopic (exact) mass is 398 g/mol. The number of nitrogens with one attached hydrogen (secondary N) is 1. The summed E-state index contributed by atoms with van der Waals surface area (Å²) in [6, 6.07) is 13.8. The molecule has 1 aliphatic rings. The van der Waals surface area contributed by atoms with Crippen LogP contribution in [0.4, 0.5) is 5.69 Å². The maximum absolute atomic E-state index is 12.8. The highest BCUT2D eigenvalue weighted by Gasteiger charge is 2.24. The van der Waals surface area contributed by atoms with Gasteiger partial charge in [-0.3, -0.25) is 9.69 Å². The van der Waals surface area contributed by atoms with Crippen LogP contribution in [0.3, 0.4) is 0 Å². The Morgan fingerprint density at radius 3 is 2.21 bits per heavy atom. The molecule has 1 aliphatic heterocycles. The maximum Gasteiger partial charge on any atom is 0.238 e. The van der Waals surface area contributed by atoms with Gasteiger partial charge in [-0.15, -0.1) is 0 Å². The van der Waals surface area contributed by atoms with Crippen molar-refractivity contribution in [3.8, 4) is 17.2 Å². The lowest BCUT2D eigenvalue weighted by Gasteiger charge is -2.30. The predicted molar refractivity (Wildman–Crippen MR) is 114 cm³/mol. The smallest absolute Gasteiger partial charge is 0.238 e. The van der Waals surface area contributed by atoms with Gasteiger partial charge >= 0.3 is 0 Å². The molecule has 2 aromatic rings. The Bertz CT molecular complexity index is 785. The van der Waals surface area contributed by atoms with Crippen LogP contribution in [0.15, 0.2) is 42.5 Å². The third-order valence-corrected chi connectivity index (χ3v) is 5.35. The second-order valence-electron chi connectivity index (χ2n) is 7.26. The van der Waals surface area contributed by atoms with Crippen LogP contribution in [0.2, 0.25) is 0 Å². The Balaban J connectivity index is 1.72. The van der Waals surface area contributed by atoms with Crippen molar-refractivity contribution in [2.75, 3.05) is 39.7 Å². The highest BCUT2D eigenvalue weighted by Crippen LogP contribution is 2.31. The van der Waals surface area contributed by atoms with E-state index in [4.69, 9.17) is 14.2 Å². The number of hydrogen-bond donors (Lipinski definition) is 1. The van der Waals surface area contributed by atoms with Gasteiger partial charge in [0.15, 0.2) is 0 Å². The summed E-state index contributed by atoms with van der Waals surface area (Å²) < 4.78 is 15.9. The van der Waals surface area contributed by atoms with Gasteiger partial charge in [-0.05, 0) is 37.1 Å². The highest BCUT2D eigenvalue weighted by molar-refractivity contribution is 5.92. The van der Waals surface area contributed by atoms with Crippen LogP contribution >= 0.6 is 0 Å². The molecule has 2 aromatic carbocycles. The average Bonchev–Trinajstić information content (AvgIpc) is 2.98. The van der Waals surface area contributed by atoms with Crippen LogP contribution in [-0.4, -0.2) is 45.2 Å². The Hall–Kier alpha value is -2.73. The zero-order valence-corrected chi connectivity index (χ0v) is 17.4. The van der Waals surface area contributed by atoms with Crippen LogP contribution in [0.1, 0.15) is 37.3 Å². The third kappa shape index (κ3) is 5.64. The van der Waals surface area contributed by atoms with Crippen molar-refractivity contribution in [1.82, 2.24) is 4.90 Å². The molecule has 1 saturated heterocycles. The number of ether oxygens (including phenoxy) is 3. The van der Waals surface area contributed by atoms with Gasteiger partial charge in [0.05, 0.1) is 27.9 Å². The van der Waals surface area contributed by atoms with Gasteiger partial charge in [0.25, 0.3) is 0 Å². The van der Waals surface area contributed by atoms with E-state index in [9.17, 15) is 4.79 Å². The first-order chi connectivity index (χ1) is 14.1. The molecule has 0 bridgehead atoms. The van der Waals surface area contributed by atoms with E-state index in [1.54, 1.807) is 39.5 Å². The molecule has 6 nitrogen and oxygen atoms in total. The van der Waals surface area contributed by atoms with Crippen molar-refractivity contribution in [2.45, 2.75) is 31.7 Å². The van der Waals surface area contributed by atoms with E-state index in [-0.39, 0.29) is 11.9 Å². The van der Waals surface area contributed by atoms with E-state index >= 15 is 0 Å². The number of rotatable bonds is 7. The molecule has 1 unspecified atom stereocenters. The minimum atomic E-state index is -0.0410. The van der Waals surface area contributed by atoms with Gasteiger partial charge < -0.3 is 19.5 Å². The molecule has 1 heterocycles. The fourth-order valence-electron chi connectivity index (χ4n) is 3.83. The summed E-state index contributed by atoms with van der Waals surface area (Å²) in [5, 5.41) is 2.99. The largest absolute Gasteiger partial charge is 0.497 e. The van der Waals surface area contributed by atoms with Crippen molar-refractivity contribution in [3.05, 3.63) is 48.0 Å². The lowest BCUT2D eigenvalue weighted by atomic mass is 10.0. The molecule has 6 heteroatoms.